The van der Waals surface area contributed by atoms with E-state index in [9.17, 15) is 4.79 Å². The molecule has 0 aromatic carbocycles. The molecule has 2 aromatic rings. The molecule has 0 fully saturated rings. The Balaban J connectivity index is 2.23. The summed E-state index contributed by atoms with van der Waals surface area (Å²) < 4.78 is 4.95. The summed E-state index contributed by atoms with van der Waals surface area (Å²) in [6, 6.07) is 0. The molecule has 94 valence electrons. The third kappa shape index (κ3) is 2.34. The maximum atomic E-state index is 11.9. The summed E-state index contributed by atoms with van der Waals surface area (Å²) in [4.78, 5) is 25.5. The zero-order chi connectivity index (χ0) is 13.0. The lowest BCUT2D eigenvalue weighted by Crippen LogP contribution is -2.30. The molecule has 0 bridgehead atoms. The Labute approximate surface area is 104 Å². The smallest absolute Gasteiger partial charge is 0.316 e. The van der Waals surface area contributed by atoms with Gasteiger partial charge in [-0.15, -0.1) is 0 Å². The number of carbonyl (C=O) groups excluding carboxylic acids is 1. The van der Waals surface area contributed by atoms with Crippen molar-refractivity contribution >= 4 is 5.91 Å². The van der Waals surface area contributed by atoms with E-state index in [1.54, 1.807) is 11.1 Å². The van der Waals surface area contributed by atoms with Gasteiger partial charge in [0.05, 0.1) is 6.20 Å². The third-order valence-electron chi connectivity index (χ3n) is 2.45. The van der Waals surface area contributed by atoms with Crippen LogP contribution >= 0.6 is 0 Å². The van der Waals surface area contributed by atoms with Crippen molar-refractivity contribution in [2.45, 2.75) is 13.8 Å². The molecule has 0 atom stereocenters. The van der Waals surface area contributed by atoms with Gasteiger partial charge in [0.1, 0.15) is 5.69 Å². The van der Waals surface area contributed by atoms with E-state index >= 15 is 0 Å². The van der Waals surface area contributed by atoms with E-state index in [0.29, 0.717) is 18.8 Å². The van der Waals surface area contributed by atoms with Gasteiger partial charge in [0.15, 0.2) is 0 Å². The lowest BCUT2D eigenvalue weighted by molar-refractivity contribution is 0.0723. The Morgan fingerprint density at radius 3 is 2.72 bits per heavy atom. The van der Waals surface area contributed by atoms with Crippen LogP contribution in [0.4, 0.5) is 0 Å². The first-order valence-electron chi connectivity index (χ1n) is 5.65. The molecule has 0 aliphatic rings. The minimum Gasteiger partial charge on any atom is -0.335 e. The van der Waals surface area contributed by atoms with E-state index in [4.69, 9.17) is 4.52 Å². The first-order valence-corrected chi connectivity index (χ1v) is 5.65. The minimum absolute atomic E-state index is 0.0284. The average molecular weight is 247 g/mol. The largest absolute Gasteiger partial charge is 0.335 e. The fourth-order valence-electron chi connectivity index (χ4n) is 1.48. The van der Waals surface area contributed by atoms with Crippen molar-refractivity contribution in [3.63, 3.8) is 0 Å². The van der Waals surface area contributed by atoms with E-state index in [2.05, 4.69) is 20.1 Å². The highest BCUT2D eigenvalue weighted by atomic mass is 16.5. The van der Waals surface area contributed by atoms with Crippen LogP contribution in [-0.4, -0.2) is 44.0 Å². The molecule has 0 saturated carbocycles. The first-order chi connectivity index (χ1) is 8.76. The number of hydrogen-bond donors (Lipinski definition) is 0. The summed E-state index contributed by atoms with van der Waals surface area (Å²) >= 11 is 0. The lowest BCUT2D eigenvalue weighted by Gasteiger charge is -2.15. The van der Waals surface area contributed by atoms with Crippen LogP contribution in [0.1, 0.15) is 24.5 Å². The Morgan fingerprint density at radius 2 is 2.11 bits per heavy atom. The van der Waals surface area contributed by atoms with Gasteiger partial charge in [-0.3, -0.25) is 9.78 Å². The van der Waals surface area contributed by atoms with Crippen LogP contribution in [0.3, 0.4) is 0 Å². The fourth-order valence-corrected chi connectivity index (χ4v) is 1.48. The SMILES string of the molecule is CCN(CC)C(=O)c1nc(-c2cnccn2)no1. The number of amides is 1. The predicted molar refractivity (Wildman–Crippen MR) is 62.6 cm³/mol. The average Bonchev–Trinajstić information content (AvgIpc) is 2.90. The van der Waals surface area contributed by atoms with Crippen LogP contribution in [0.2, 0.25) is 0 Å². The van der Waals surface area contributed by atoms with E-state index in [0.717, 1.165) is 0 Å². The maximum Gasteiger partial charge on any atom is 0.316 e. The minimum atomic E-state index is -0.275. The number of hydrogen-bond acceptors (Lipinski definition) is 6. The second-order valence-corrected chi connectivity index (χ2v) is 3.49. The number of aromatic nitrogens is 4. The van der Waals surface area contributed by atoms with E-state index < -0.39 is 0 Å². The van der Waals surface area contributed by atoms with Gasteiger partial charge in [-0.05, 0) is 13.8 Å². The van der Waals surface area contributed by atoms with Gasteiger partial charge in [-0.25, -0.2) is 4.98 Å². The Morgan fingerprint density at radius 1 is 1.33 bits per heavy atom. The summed E-state index contributed by atoms with van der Waals surface area (Å²) in [5.41, 5.74) is 0.472. The van der Waals surface area contributed by atoms with Gasteiger partial charge in [-0.2, -0.15) is 4.98 Å². The van der Waals surface area contributed by atoms with Crippen molar-refractivity contribution in [3.05, 3.63) is 24.5 Å². The lowest BCUT2D eigenvalue weighted by atomic mass is 10.4. The zero-order valence-electron chi connectivity index (χ0n) is 10.2. The molecule has 2 aromatic heterocycles. The van der Waals surface area contributed by atoms with Crippen LogP contribution < -0.4 is 0 Å². The zero-order valence-corrected chi connectivity index (χ0v) is 10.2. The van der Waals surface area contributed by atoms with Crippen molar-refractivity contribution in [1.29, 1.82) is 0 Å². The fraction of sp³-hybridized carbons (Fsp3) is 0.364. The maximum absolute atomic E-state index is 11.9. The van der Waals surface area contributed by atoms with Crippen LogP contribution in [0.5, 0.6) is 0 Å². The molecule has 2 heterocycles. The molecule has 7 nitrogen and oxygen atoms in total. The Hall–Kier alpha value is -2.31. The summed E-state index contributed by atoms with van der Waals surface area (Å²) in [6.45, 7) is 4.97. The van der Waals surface area contributed by atoms with Crippen LogP contribution in [-0.2, 0) is 0 Å². The first kappa shape index (κ1) is 12.2. The van der Waals surface area contributed by atoms with E-state index in [-0.39, 0.29) is 17.6 Å². The van der Waals surface area contributed by atoms with Crippen LogP contribution in [0.15, 0.2) is 23.1 Å². The molecule has 18 heavy (non-hydrogen) atoms. The molecule has 0 aliphatic carbocycles. The molecule has 1 amide bonds. The highest BCUT2D eigenvalue weighted by Gasteiger charge is 2.20. The Kier molecular flexibility index (Phi) is 3.61. The monoisotopic (exact) mass is 247 g/mol. The second kappa shape index (κ2) is 5.35. The van der Waals surface area contributed by atoms with Gasteiger partial charge in [0.25, 0.3) is 0 Å². The molecule has 0 unspecified atom stereocenters. The summed E-state index contributed by atoms with van der Waals surface area (Å²) in [6.07, 6.45) is 4.58. The van der Waals surface area contributed by atoms with Crippen LogP contribution in [0.25, 0.3) is 11.5 Å². The molecule has 0 radical (unpaired) electrons. The second-order valence-electron chi connectivity index (χ2n) is 3.49. The summed E-state index contributed by atoms with van der Waals surface area (Å²) in [5.74, 6) is -0.0411. The molecular weight excluding hydrogens is 234 g/mol. The van der Waals surface area contributed by atoms with Crippen molar-refractivity contribution in [3.8, 4) is 11.5 Å². The van der Waals surface area contributed by atoms with Crippen LogP contribution in [0, 0.1) is 0 Å². The highest BCUT2D eigenvalue weighted by Crippen LogP contribution is 2.12. The Bertz CT molecular complexity index is 521. The van der Waals surface area contributed by atoms with Crippen molar-refractivity contribution in [2.24, 2.45) is 0 Å². The number of carbonyl (C=O) groups is 1. The van der Waals surface area contributed by atoms with Crippen molar-refractivity contribution in [1.82, 2.24) is 25.0 Å². The topological polar surface area (TPSA) is 85.0 Å². The molecule has 0 N–H and O–H groups in total. The van der Waals surface area contributed by atoms with E-state index in [1.165, 1.54) is 12.4 Å². The molecule has 2 rings (SSSR count). The third-order valence-corrected chi connectivity index (χ3v) is 2.45. The predicted octanol–water partition coefficient (Wildman–Crippen LogP) is 1.01. The van der Waals surface area contributed by atoms with Gasteiger partial charge in [0, 0.05) is 25.5 Å². The molecule has 0 spiro atoms. The normalized spacial score (nSPS) is 10.3. The van der Waals surface area contributed by atoms with Gasteiger partial charge in [-0.1, -0.05) is 5.16 Å². The van der Waals surface area contributed by atoms with Gasteiger partial charge >= 0.3 is 11.8 Å². The quantitative estimate of drug-likeness (QED) is 0.801. The van der Waals surface area contributed by atoms with Gasteiger partial charge < -0.3 is 9.42 Å². The molecular formula is C11H13N5O2. The number of nitrogens with zero attached hydrogens (tertiary/aromatic N) is 5. The molecule has 0 saturated heterocycles. The van der Waals surface area contributed by atoms with Crippen molar-refractivity contribution in [2.75, 3.05) is 13.1 Å². The highest BCUT2D eigenvalue weighted by molar-refractivity contribution is 5.89. The summed E-state index contributed by atoms with van der Waals surface area (Å²) in [7, 11) is 0. The van der Waals surface area contributed by atoms with E-state index in [1.807, 2.05) is 13.8 Å². The standard InChI is InChI=1S/C11H13N5O2/c1-3-16(4-2)11(17)10-14-9(15-18-10)8-7-12-5-6-13-8/h5-7H,3-4H2,1-2H3. The van der Waals surface area contributed by atoms with Crippen molar-refractivity contribution < 1.29 is 9.32 Å². The molecule has 0 aliphatic heterocycles. The van der Waals surface area contributed by atoms with Gasteiger partial charge in [0.2, 0.25) is 5.82 Å². The number of rotatable bonds is 4. The molecule has 7 heteroatoms. The summed E-state index contributed by atoms with van der Waals surface area (Å²) in [5, 5.41) is 3.72.